The predicted molar refractivity (Wildman–Crippen MR) is 89.0 cm³/mol. The van der Waals surface area contributed by atoms with Crippen LogP contribution in [0.2, 0.25) is 0 Å². The first-order valence-corrected chi connectivity index (χ1v) is 7.04. The van der Waals surface area contributed by atoms with Crippen LogP contribution in [-0.2, 0) is 0 Å². The molecule has 8 nitrogen and oxygen atoms in total. The van der Waals surface area contributed by atoms with Crippen molar-refractivity contribution in [1.82, 2.24) is 14.8 Å². The van der Waals surface area contributed by atoms with E-state index in [-0.39, 0.29) is 11.5 Å². The first-order chi connectivity index (χ1) is 11.6. The third-order valence-electron chi connectivity index (χ3n) is 3.32. The molecule has 0 amide bonds. The van der Waals surface area contributed by atoms with Crippen LogP contribution in [0.3, 0.4) is 0 Å². The average molecular weight is 325 g/mol. The van der Waals surface area contributed by atoms with Crippen LogP contribution in [0.5, 0.6) is 5.75 Å². The standard InChI is InChI=1S/C16H15N5O3/c1-24-13-4-2-3-12(9-13)21-15(17)19-16(20-21)18-11-7-5-10(6-8-11)14(22)23/h2-9H,1H3,(H,22,23)(H3,17,18,19,20). The van der Waals surface area contributed by atoms with E-state index in [4.69, 9.17) is 15.6 Å². The molecule has 1 heterocycles. The van der Waals surface area contributed by atoms with Crippen molar-refractivity contribution in [3.05, 3.63) is 54.1 Å². The van der Waals surface area contributed by atoms with E-state index in [2.05, 4.69) is 15.4 Å². The molecule has 0 saturated carbocycles. The largest absolute Gasteiger partial charge is 0.497 e. The fourth-order valence-corrected chi connectivity index (χ4v) is 2.13. The lowest BCUT2D eigenvalue weighted by Crippen LogP contribution is -2.02. The molecule has 0 bridgehead atoms. The third-order valence-corrected chi connectivity index (χ3v) is 3.32. The van der Waals surface area contributed by atoms with Crippen LogP contribution < -0.4 is 15.8 Å². The van der Waals surface area contributed by atoms with E-state index in [0.717, 1.165) is 0 Å². The monoisotopic (exact) mass is 325 g/mol. The van der Waals surface area contributed by atoms with Crippen LogP contribution in [0.4, 0.5) is 17.6 Å². The molecule has 3 rings (SSSR count). The number of nitrogen functional groups attached to an aromatic ring is 1. The van der Waals surface area contributed by atoms with E-state index in [9.17, 15) is 4.79 Å². The Kier molecular flexibility index (Phi) is 4.02. The van der Waals surface area contributed by atoms with Crippen LogP contribution in [-0.4, -0.2) is 33.0 Å². The lowest BCUT2D eigenvalue weighted by Gasteiger charge is -2.05. The van der Waals surface area contributed by atoms with Gasteiger partial charge in [0.1, 0.15) is 5.75 Å². The van der Waals surface area contributed by atoms with E-state index in [1.807, 2.05) is 18.2 Å². The number of ether oxygens (including phenoxy) is 1. The minimum Gasteiger partial charge on any atom is -0.497 e. The number of benzene rings is 2. The minimum absolute atomic E-state index is 0.204. The molecule has 1 aromatic heterocycles. The van der Waals surface area contributed by atoms with Gasteiger partial charge in [0.2, 0.25) is 11.9 Å². The molecule has 0 aliphatic rings. The summed E-state index contributed by atoms with van der Waals surface area (Å²) in [4.78, 5) is 15.0. The van der Waals surface area contributed by atoms with Gasteiger partial charge >= 0.3 is 5.97 Å². The normalized spacial score (nSPS) is 10.4. The first kappa shape index (κ1) is 15.3. The summed E-state index contributed by atoms with van der Waals surface area (Å²) in [6.45, 7) is 0. The molecule has 0 spiro atoms. The molecular formula is C16H15N5O3. The molecule has 0 saturated heterocycles. The first-order valence-electron chi connectivity index (χ1n) is 7.04. The van der Waals surface area contributed by atoms with E-state index < -0.39 is 5.97 Å². The molecule has 0 radical (unpaired) electrons. The van der Waals surface area contributed by atoms with Gasteiger partial charge in [-0.25, -0.2) is 4.79 Å². The number of hydrogen-bond acceptors (Lipinski definition) is 6. The Hall–Kier alpha value is -3.55. The van der Waals surface area contributed by atoms with Crippen molar-refractivity contribution >= 4 is 23.6 Å². The van der Waals surface area contributed by atoms with Crippen LogP contribution in [0, 0.1) is 0 Å². The van der Waals surface area contributed by atoms with Gasteiger partial charge in [-0.2, -0.15) is 9.67 Å². The molecular weight excluding hydrogens is 310 g/mol. The van der Waals surface area contributed by atoms with Crippen molar-refractivity contribution in [2.45, 2.75) is 0 Å². The SMILES string of the molecule is COc1cccc(-n2nc(Nc3ccc(C(=O)O)cc3)nc2N)c1. The zero-order chi connectivity index (χ0) is 17.1. The maximum absolute atomic E-state index is 10.9. The van der Waals surface area contributed by atoms with Crippen LogP contribution in [0.25, 0.3) is 5.69 Å². The maximum Gasteiger partial charge on any atom is 0.335 e. The van der Waals surface area contributed by atoms with Gasteiger partial charge < -0.3 is 20.9 Å². The number of rotatable bonds is 5. The fourth-order valence-electron chi connectivity index (χ4n) is 2.13. The molecule has 24 heavy (non-hydrogen) atoms. The number of aromatic nitrogens is 3. The highest BCUT2D eigenvalue weighted by Gasteiger charge is 2.10. The van der Waals surface area contributed by atoms with E-state index in [0.29, 0.717) is 23.1 Å². The summed E-state index contributed by atoms with van der Waals surface area (Å²) in [6.07, 6.45) is 0. The molecule has 8 heteroatoms. The van der Waals surface area contributed by atoms with E-state index in [1.165, 1.54) is 16.8 Å². The van der Waals surface area contributed by atoms with Crippen molar-refractivity contribution in [2.75, 3.05) is 18.2 Å². The van der Waals surface area contributed by atoms with Crippen LogP contribution in [0.15, 0.2) is 48.5 Å². The Morgan fingerprint density at radius 2 is 2.00 bits per heavy atom. The predicted octanol–water partition coefficient (Wildman–Crippen LogP) is 2.30. The van der Waals surface area contributed by atoms with Gasteiger partial charge in [-0.3, -0.25) is 0 Å². The van der Waals surface area contributed by atoms with Crippen LogP contribution in [0.1, 0.15) is 10.4 Å². The molecule has 3 aromatic rings. The molecule has 0 fully saturated rings. The lowest BCUT2D eigenvalue weighted by atomic mass is 10.2. The van der Waals surface area contributed by atoms with Gasteiger partial charge in [0, 0.05) is 11.8 Å². The minimum atomic E-state index is -0.980. The average Bonchev–Trinajstić information content (AvgIpc) is 2.95. The Morgan fingerprint density at radius 3 is 2.67 bits per heavy atom. The van der Waals surface area contributed by atoms with Crippen molar-refractivity contribution in [2.24, 2.45) is 0 Å². The van der Waals surface area contributed by atoms with Gasteiger partial charge in [0.05, 0.1) is 18.4 Å². The van der Waals surface area contributed by atoms with Gasteiger partial charge in [0.25, 0.3) is 0 Å². The number of nitrogens with one attached hydrogen (secondary N) is 1. The second-order valence-corrected chi connectivity index (χ2v) is 4.91. The molecule has 0 unspecified atom stereocenters. The number of aromatic carboxylic acids is 1. The molecule has 0 aliphatic heterocycles. The van der Waals surface area contributed by atoms with Gasteiger partial charge in [0.15, 0.2) is 0 Å². The number of carboxylic acids is 1. The number of hydrogen-bond donors (Lipinski definition) is 3. The van der Waals surface area contributed by atoms with Crippen molar-refractivity contribution < 1.29 is 14.6 Å². The smallest absolute Gasteiger partial charge is 0.335 e. The number of anilines is 3. The summed E-state index contributed by atoms with van der Waals surface area (Å²) in [6, 6.07) is 13.5. The zero-order valence-corrected chi connectivity index (χ0v) is 12.8. The summed E-state index contributed by atoms with van der Waals surface area (Å²) in [5.41, 5.74) is 7.49. The number of nitrogens with zero attached hydrogens (tertiary/aromatic N) is 3. The Bertz CT molecular complexity index is 874. The second kappa shape index (κ2) is 6.29. The number of methoxy groups -OCH3 is 1. The van der Waals surface area contributed by atoms with Crippen molar-refractivity contribution in [3.8, 4) is 11.4 Å². The third kappa shape index (κ3) is 3.12. The number of carbonyl (C=O) groups is 1. The fraction of sp³-hybridized carbons (Fsp3) is 0.0625. The summed E-state index contributed by atoms with van der Waals surface area (Å²) >= 11 is 0. The second-order valence-electron chi connectivity index (χ2n) is 4.91. The van der Waals surface area contributed by atoms with Gasteiger partial charge in [-0.1, -0.05) is 6.07 Å². The summed E-state index contributed by atoms with van der Waals surface area (Å²) in [5, 5.41) is 16.2. The molecule has 2 aromatic carbocycles. The van der Waals surface area contributed by atoms with E-state index >= 15 is 0 Å². The Balaban J connectivity index is 1.84. The van der Waals surface area contributed by atoms with Gasteiger partial charge in [-0.15, -0.1) is 5.10 Å². The molecule has 0 atom stereocenters. The van der Waals surface area contributed by atoms with E-state index in [1.54, 1.807) is 25.3 Å². The van der Waals surface area contributed by atoms with Gasteiger partial charge in [-0.05, 0) is 36.4 Å². The topological polar surface area (TPSA) is 115 Å². The highest BCUT2D eigenvalue weighted by atomic mass is 16.5. The Morgan fingerprint density at radius 1 is 1.25 bits per heavy atom. The lowest BCUT2D eigenvalue weighted by molar-refractivity contribution is 0.0697. The highest BCUT2D eigenvalue weighted by molar-refractivity contribution is 5.88. The highest BCUT2D eigenvalue weighted by Crippen LogP contribution is 2.21. The summed E-state index contributed by atoms with van der Waals surface area (Å²) < 4.78 is 6.67. The number of carboxylic acid groups (broad SMARTS) is 1. The number of nitrogens with two attached hydrogens (primary N) is 1. The molecule has 0 aliphatic carbocycles. The summed E-state index contributed by atoms with van der Waals surface area (Å²) in [7, 11) is 1.58. The molecule has 4 N–H and O–H groups in total. The quantitative estimate of drug-likeness (QED) is 0.659. The van der Waals surface area contributed by atoms with Crippen molar-refractivity contribution in [3.63, 3.8) is 0 Å². The maximum atomic E-state index is 10.9. The molecule has 122 valence electrons. The summed E-state index contributed by atoms with van der Waals surface area (Å²) in [5.74, 6) is 0.221. The van der Waals surface area contributed by atoms with Crippen LogP contribution >= 0.6 is 0 Å². The zero-order valence-electron chi connectivity index (χ0n) is 12.8. The van der Waals surface area contributed by atoms with Crippen molar-refractivity contribution in [1.29, 1.82) is 0 Å². The Labute approximate surface area is 137 Å².